The quantitative estimate of drug-likeness (QED) is 0.588. The van der Waals surface area contributed by atoms with Gasteiger partial charge < -0.3 is 4.74 Å². The summed E-state index contributed by atoms with van der Waals surface area (Å²) in [6.45, 7) is 4.21. The van der Waals surface area contributed by atoms with Crippen molar-refractivity contribution in [1.82, 2.24) is 0 Å². The molecule has 0 unspecified atom stereocenters. The van der Waals surface area contributed by atoms with E-state index < -0.39 is 0 Å². The van der Waals surface area contributed by atoms with Gasteiger partial charge >= 0.3 is 5.97 Å². The number of carbonyl (C=O) groups is 1. The van der Waals surface area contributed by atoms with Crippen LogP contribution in [0.25, 0.3) is 0 Å². The van der Waals surface area contributed by atoms with Gasteiger partial charge in [0.25, 0.3) is 0 Å². The summed E-state index contributed by atoms with van der Waals surface area (Å²) in [5, 5.41) is 0.555. The predicted molar refractivity (Wildman–Crippen MR) is 44.2 cm³/mol. The number of ether oxygens (including phenoxy) is 1. The molecule has 0 bridgehead atoms. The summed E-state index contributed by atoms with van der Waals surface area (Å²) >= 11 is 1.63. The standard InChI is InChI=1S/C7H14O2S/c1-4-6(2)10-5-7(8)9-3/h6H,4-5H2,1-3H3/t6-/m1/s1. The first-order valence-corrected chi connectivity index (χ1v) is 4.44. The van der Waals surface area contributed by atoms with Gasteiger partial charge in [0.15, 0.2) is 0 Å². The lowest BCUT2D eigenvalue weighted by atomic mass is 10.4. The maximum Gasteiger partial charge on any atom is 0.315 e. The fraction of sp³-hybridized carbons (Fsp3) is 0.857. The summed E-state index contributed by atoms with van der Waals surface area (Å²) in [7, 11) is 1.42. The van der Waals surface area contributed by atoms with E-state index in [1.165, 1.54) is 7.11 Å². The Balaban J connectivity index is 3.26. The molecule has 0 spiro atoms. The van der Waals surface area contributed by atoms with Crippen LogP contribution in [-0.4, -0.2) is 24.1 Å². The molecule has 0 saturated heterocycles. The Bertz CT molecular complexity index is 104. The molecule has 0 N–H and O–H groups in total. The molecular formula is C7H14O2S. The van der Waals surface area contributed by atoms with Crippen LogP contribution >= 0.6 is 11.8 Å². The van der Waals surface area contributed by atoms with E-state index in [-0.39, 0.29) is 5.97 Å². The van der Waals surface area contributed by atoms with Crippen LogP contribution < -0.4 is 0 Å². The van der Waals surface area contributed by atoms with Crippen LogP contribution in [0.3, 0.4) is 0 Å². The van der Waals surface area contributed by atoms with Crippen LogP contribution in [0.2, 0.25) is 0 Å². The van der Waals surface area contributed by atoms with Gasteiger partial charge in [-0.3, -0.25) is 4.79 Å². The molecule has 0 aromatic rings. The SMILES string of the molecule is CC[C@@H](C)SCC(=O)OC. The third-order valence-electron chi connectivity index (χ3n) is 1.29. The summed E-state index contributed by atoms with van der Waals surface area (Å²) in [4.78, 5) is 10.6. The van der Waals surface area contributed by atoms with Crippen molar-refractivity contribution < 1.29 is 9.53 Å². The summed E-state index contributed by atoms with van der Waals surface area (Å²) in [6.07, 6.45) is 1.10. The second kappa shape index (κ2) is 5.59. The predicted octanol–water partition coefficient (Wildman–Crippen LogP) is 1.69. The molecule has 2 nitrogen and oxygen atoms in total. The van der Waals surface area contributed by atoms with Crippen LogP contribution in [0.5, 0.6) is 0 Å². The van der Waals surface area contributed by atoms with E-state index in [2.05, 4.69) is 18.6 Å². The molecule has 0 radical (unpaired) electrons. The van der Waals surface area contributed by atoms with Crippen LogP contribution in [0.4, 0.5) is 0 Å². The Morgan fingerprint density at radius 2 is 2.30 bits per heavy atom. The highest BCUT2D eigenvalue weighted by atomic mass is 32.2. The third-order valence-corrected chi connectivity index (χ3v) is 2.59. The summed E-state index contributed by atoms with van der Waals surface area (Å²) in [5.41, 5.74) is 0. The largest absolute Gasteiger partial charge is 0.468 e. The number of rotatable bonds is 4. The Labute approximate surface area is 66.3 Å². The van der Waals surface area contributed by atoms with Gasteiger partial charge in [-0.1, -0.05) is 13.8 Å². The highest BCUT2D eigenvalue weighted by Gasteiger charge is 2.03. The number of esters is 1. The third kappa shape index (κ3) is 4.68. The average Bonchev–Trinajstić information content (AvgIpc) is 1.99. The first-order chi connectivity index (χ1) is 4.70. The van der Waals surface area contributed by atoms with Crippen molar-refractivity contribution in [2.45, 2.75) is 25.5 Å². The molecule has 0 aromatic carbocycles. The molecule has 3 heteroatoms. The number of carbonyl (C=O) groups excluding carboxylic acids is 1. The fourth-order valence-corrected chi connectivity index (χ4v) is 1.16. The topological polar surface area (TPSA) is 26.3 Å². The first kappa shape index (κ1) is 9.82. The molecule has 0 heterocycles. The van der Waals surface area contributed by atoms with E-state index in [4.69, 9.17) is 0 Å². The fourth-order valence-electron chi connectivity index (χ4n) is 0.387. The van der Waals surface area contributed by atoms with Gasteiger partial charge in [0.2, 0.25) is 0 Å². The molecule has 0 aliphatic carbocycles. The van der Waals surface area contributed by atoms with Crippen LogP contribution in [0, 0.1) is 0 Å². The molecule has 10 heavy (non-hydrogen) atoms. The van der Waals surface area contributed by atoms with Crippen molar-refractivity contribution in [1.29, 1.82) is 0 Å². The minimum Gasteiger partial charge on any atom is -0.468 e. The zero-order chi connectivity index (χ0) is 7.98. The lowest BCUT2D eigenvalue weighted by Gasteiger charge is -2.05. The number of hydrogen-bond donors (Lipinski definition) is 0. The van der Waals surface area contributed by atoms with Crippen molar-refractivity contribution in [3.8, 4) is 0 Å². The molecular weight excluding hydrogens is 148 g/mol. The Morgan fingerprint density at radius 1 is 1.70 bits per heavy atom. The number of hydrogen-bond acceptors (Lipinski definition) is 3. The van der Waals surface area contributed by atoms with Crippen molar-refractivity contribution >= 4 is 17.7 Å². The Morgan fingerprint density at radius 3 is 2.70 bits per heavy atom. The second-order valence-electron chi connectivity index (χ2n) is 2.11. The van der Waals surface area contributed by atoms with Gasteiger partial charge in [0, 0.05) is 5.25 Å². The highest BCUT2D eigenvalue weighted by Crippen LogP contribution is 2.12. The molecule has 0 amide bonds. The van der Waals surface area contributed by atoms with Crippen molar-refractivity contribution in [3.05, 3.63) is 0 Å². The molecule has 1 atom stereocenters. The average molecular weight is 162 g/mol. The van der Waals surface area contributed by atoms with Gasteiger partial charge in [0.05, 0.1) is 12.9 Å². The summed E-state index contributed by atoms with van der Waals surface area (Å²) < 4.78 is 4.49. The first-order valence-electron chi connectivity index (χ1n) is 3.39. The van der Waals surface area contributed by atoms with Gasteiger partial charge in [-0.2, -0.15) is 0 Å². The molecule has 0 fully saturated rings. The van der Waals surface area contributed by atoms with Gasteiger partial charge in [-0.05, 0) is 6.42 Å². The van der Waals surface area contributed by atoms with E-state index in [0.29, 0.717) is 11.0 Å². The smallest absolute Gasteiger partial charge is 0.315 e. The van der Waals surface area contributed by atoms with Gasteiger partial charge in [0.1, 0.15) is 0 Å². The maximum atomic E-state index is 10.6. The lowest BCUT2D eigenvalue weighted by Crippen LogP contribution is -2.06. The zero-order valence-electron chi connectivity index (χ0n) is 6.72. The maximum absolute atomic E-state index is 10.6. The molecule has 0 aliphatic heterocycles. The van der Waals surface area contributed by atoms with Crippen LogP contribution in [0.1, 0.15) is 20.3 Å². The van der Waals surface area contributed by atoms with E-state index in [9.17, 15) is 4.79 Å². The van der Waals surface area contributed by atoms with E-state index in [1.54, 1.807) is 11.8 Å². The molecule has 60 valence electrons. The second-order valence-corrected chi connectivity index (χ2v) is 3.53. The normalized spacial score (nSPS) is 12.7. The minimum atomic E-state index is -0.134. The van der Waals surface area contributed by atoms with Gasteiger partial charge in [-0.25, -0.2) is 0 Å². The molecule has 0 aromatic heterocycles. The monoisotopic (exact) mass is 162 g/mol. The van der Waals surface area contributed by atoms with E-state index >= 15 is 0 Å². The molecule has 0 saturated carbocycles. The van der Waals surface area contributed by atoms with Crippen molar-refractivity contribution in [2.24, 2.45) is 0 Å². The highest BCUT2D eigenvalue weighted by molar-refractivity contribution is 8.00. The summed E-state index contributed by atoms with van der Waals surface area (Å²) in [6, 6.07) is 0. The summed E-state index contributed by atoms with van der Waals surface area (Å²) in [5.74, 6) is 0.344. The van der Waals surface area contributed by atoms with Crippen molar-refractivity contribution in [3.63, 3.8) is 0 Å². The van der Waals surface area contributed by atoms with E-state index in [0.717, 1.165) is 6.42 Å². The van der Waals surface area contributed by atoms with Crippen LogP contribution in [-0.2, 0) is 9.53 Å². The van der Waals surface area contributed by atoms with Crippen molar-refractivity contribution in [2.75, 3.05) is 12.9 Å². The number of thioether (sulfide) groups is 1. The molecule has 0 rings (SSSR count). The zero-order valence-corrected chi connectivity index (χ0v) is 7.53. The number of methoxy groups -OCH3 is 1. The lowest BCUT2D eigenvalue weighted by molar-refractivity contribution is -0.137. The Hall–Kier alpha value is -0.180. The Kier molecular flexibility index (Phi) is 5.49. The van der Waals surface area contributed by atoms with Gasteiger partial charge in [-0.15, -0.1) is 11.8 Å². The van der Waals surface area contributed by atoms with E-state index in [1.807, 2.05) is 0 Å². The van der Waals surface area contributed by atoms with Crippen LogP contribution in [0.15, 0.2) is 0 Å². The molecule has 0 aliphatic rings. The minimum absolute atomic E-state index is 0.134.